The molecular weight excluding hydrogens is 330 g/mol. The van der Waals surface area contributed by atoms with Gasteiger partial charge < -0.3 is 20.3 Å². The van der Waals surface area contributed by atoms with Crippen LogP contribution in [0.5, 0.6) is 5.75 Å². The molecule has 0 aliphatic carbocycles. The van der Waals surface area contributed by atoms with Gasteiger partial charge in [-0.25, -0.2) is 0 Å². The van der Waals surface area contributed by atoms with Crippen molar-refractivity contribution in [3.63, 3.8) is 0 Å². The van der Waals surface area contributed by atoms with Crippen LogP contribution in [0.1, 0.15) is 49.4 Å². The average molecular weight is 359 g/mol. The van der Waals surface area contributed by atoms with E-state index in [1.54, 1.807) is 18.2 Å². The molecule has 1 aromatic carbocycles. The summed E-state index contributed by atoms with van der Waals surface area (Å²) in [5.74, 6) is 0.586. The maximum absolute atomic E-state index is 12.8. The summed E-state index contributed by atoms with van der Waals surface area (Å²) in [5, 5.41) is 6.25. The number of nitrogens with one attached hydrogen (secondary N) is 2. The van der Waals surface area contributed by atoms with Crippen LogP contribution >= 0.6 is 0 Å². The van der Waals surface area contributed by atoms with E-state index in [2.05, 4.69) is 10.6 Å². The molecule has 2 fully saturated rings. The first-order valence-electron chi connectivity index (χ1n) is 9.76. The summed E-state index contributed by atoms with van der Waals surface area (Å²) in [6.07, 6.45) is 5.19. The van der Waals surface area contributed by atoms with E-state index in [1.165, 1.54) is 6.42 Å². The smallest absolute Gasteiger partial charge is 0.253 e. The van der Waals surface area contributed by atoms with Gasteiger partial charge in [0.05, 0.1) is 18.2 Å². The number of likely N-dealkylation sites (tertiary alicyclic amines) is 1. The highest BCUT2D eigenvalue weighted by atomic mass is 16.5. The highest BCUT2D eigenvalue weighted by Gasteiger charge is 2.23. The van der Waals surface area contributed by atoms with Crippen molar-refractivity contribution in [3.05, 3.63) is 23.8 Å². The lowest BCUT2D eigenvalue weighted by atomic mass is 9.98. The molecule has 2 aliphatic rings. The van der Waals surface area contributed by atoms with Crippen LogP contribution in [0.2, 0.25) is 0 Å². The number of benzene rings is 1. The highest BCUT2D eigenvalue weighted by Crippen LogP contribution is 2.28. The van der Waals surface area contributed by atoms with Crippen molar-refractivity contribution in [2.24, 2.45) is 5.92 Å². The lowest BCUT2D eigenvalue weighted by Crippen LogP contribution is -2.37. The maximum atomic E-state index is 12.8. The molecule has 1 aromatic rings. The molecule has 3 rings (SSSR count). The van der Waals surface area contributed by atoms with Gasteiger partial charge in [-0.15, -0.1) is 0 Å². The van der Waals surface area contributed by atoms with Gasteiger partial charge in [0.1, 0.15) is 5.75 Å². The summed E-state index contributed by atoms with van der Waals surface area (Å²) >= 11 is 0. The molecule has 0 saturated carbocycles. The van der Waals surface area contributed by atoms with Crippen molar-refractivity contribution in [1.82, 2.24) is 10.2 Å². The number of anilines is 1. The Labute approximate surface area is 155 Å². The second kappa shape index (κ2) is 9.03. The monoisotopic (exact) mass is 359 g/mol. The Morgan fingerprint density at radius 2 is 2.04 bits per heavy atom. The van der Waals surface area contributed by atoms with Crippen LogP contribution in [0.3, 0.4) is 0 Å². The van der Waals surface area contributed by atoms with Crippen LogP contribution in [0, 0.1) is 5.92 Å². The quantitative estimate of drug-likeness (QED) is 0.848. The summed E-state index contributed by atoms with van der Waals surface area (Å²) in [5.41, 5.74) is 1.19. The van der Waals surface area contributed by atoms with E-state index >= 15 is 0 Å². The van der Waals surface area contributed by atoms with Gasteiger partial charge in [-0.3, -0.25) is 9.59 Å². The normalized spacial score (nSPS) is 20.5. The number of nitrogens with zero attached hydrogens (tertiary/aromatic N) is 1. The van der Waals surface area contributed by atoms with Crippen LogP contribution in [0.15, 0.2) is 18.2 Å². The fourth-order valence-corrected chi connectivity index (χ4v) is 3.63. The third-order valence-corrected chi connectivity index (χ3v) is 5.10. The van der Waals surface area contributed by atoms with Crippen molar-refractivity contribution in [2.75, 3.05) is 38.1 Å². The molecule has 6 heteroatoms. The third-order valence-electron chi connectivity index (χ3n) is 5.10. The molecule has 2 saturated heterocycles. The van der Waals surface area contributed by atoms with Crippen LogP contribution < -0.4 is 15.4 Å². The number of rotatable bonds is 5. The number of ether oxygens (including phenoxy) is 1. The largest absolute Gasteiger partial charge is 0.492 e. The molecule has 2 N–H and O–H groups in total. The zero-order valence-electron chi connectivity index (χ0n) is 15.6. The van der Waals surface area contributed by atoms with Crippen LogP contribution in [-0.4, -0.2) is 49.5 Å². The Morgan fingerprint density at radius 1 is 1.23 bits per heavy atom. The fourth-order valence-electron chi connectivity index (χ4n) is 3.63. The summed E-state index contributed by atoms with van der Waals surface area (Å²) < 4.78 is 5.65. The number of amides is 2. The van der Waals surface area contributed by atoms with E-state index in [0.29, 0.717) is 30.2 Å². The first-order chi connectivity index (χ1) is 12.7. The summed E-state index contributed by atoms with van der Waals surface area (Å²) in [6.45, 7) is 5.69. The molecule has 2 heterocycles. The van der Waals surface area contributed by atoms with E-state index in [9.17, 15) is 9.59 Å². The zero-order valence-corrected chi connectivity index (χ0v) is 15.6. The standard InChI is InChI=1S/C20H29N3O3/c1-2-26-18-9-8-15(20(25)23-11-4-3-5-12-23)13-17(18)22-19(24)16-7-6-10-21-14-16/h8-9,13,16,21H,2-7,10-12,14H2,1H3,(H,22,24). The topological polar surface area (TPSA) is 70.7 Å². The van der Waals surface area contributed by atoms with Crippen LogP contribution in [0.4, 0.5) is 5.69 Å². The molecule has 1 unspecified atom stereocenters. The molecular formula is C20H29N3O3. The summed E-state index contributed by atoms with van der Waals surface area (Å²) in [4.78, 5) is 27.3. The van der Waals surface area contributed by atoms with E-state index in [0.717, 1.165) is 45.3 Å². The molecule has 0 aromatic heterocycles. The molecule has 0 bridgehead atoms. The van der Waals surface area contributed by atoms with E-state index in [4.69, 9.17) is 4.74 Å². The summed E-state index contributed by atoms with van der Waals surface area (Å²) in [6, 6.07) is 5.34. The highest BCUT2D eigenvalue weighted by molar-refractivity contribution is 5.99. The van der Waals surface area contributed by atoms with Gasteiger partial charge >= 0.3 is 0 Å². The Balaban J connectivity index is 1.76. The summed E-state index contributed by atoms with van der Waals surface area (Å²) in [7, 11) is 0. The van der Waals surface area contributed by atoms with Crippen molar-refractivity contribution in [2.45, 2.75) is 39.0 Å². The Morgan fingerprint density at radius 3 is 2.73 bits per heavy atom. The molecule has 0 spiro atoms. The van der Waals surface area contributed by atoms with Crippen molar-refractivity contribution < 1.29 is 14.3 Å². The molecule has 6 nitrogen and oxygen atoms in total. The molecule has 0 radical (unpaired) electrons. The molecule has 2 aliphatic heterocycles. The minimum Gasteiger partial charge on any atom is -0.492 e. The molecule has 142 valence electrons. The van der Waals surface area contributed by atoms with Gasteiger partial charge in [-0.05, 0) is 63.8 Å². The Hall–Kier alpha value is -2.08. The fraction of sp³-hybridized carbons (Fsp3) is 0.600. The van der Waals surface area contributed by atoms with Crippen LogP contribution in [0.25, 0.3) is 0 Å². The van der Waals surface area contributed by atoms with Gasteiger partial charge in [0, 0.05) is 25.2 Å². The number of piperidine rings is 2. The lowest BCUT2D eigenvalue weighted by molar-refractivity contribution is -0.120. The number of carbonyl (C=O) groups is 2. The van der Waals surface area contributed by atoms with E-state index in [-0.39, 0.29) is 17.7 Å². The average Bonchev–Trinajstić information content (AvgIpc) is 2.70. The SMILES string of the molecule is CCOc1ccc(C(=O)N2CCCCC2)cc1NC(=O)C1CCCNC1. The van der Waals surface area contributed by atoms with Gasteiger partial charge in [0.2, 0.25) is 5.91 Å². The molecule has 1 atom stereocenters. The number of carbonyl (C=O) groups excluding carboxylic acids is 2. The molecule has 26 heavy (non-hydrogen) atoms. The first-order valence-corrected chi connectivity index (χ1v) is 9.76. The van der Waals surface area contributed by atoms with Gasteiger partial charge in [-0.2, -0.15) is 0 Å². The Bertz CT molecular complexity index is 635. The second-order valence-corrected chi connectivity index (χ2v) is 7.03. The van der Waals surface area contributed by atoms with Gasteiger partial charge in [-0.1, -0.05) is 0 Å². The second-order valence-electron chi connectivity index (χ2n) is 7.03. The minimum absolute atomic E-state index is 0.0132. The van der Waals surface area contributed by atoms with Crippen molar-refractivity contribution >= 4 is 17.5 Å². The van der Waals surface area contributed by atoms with Crippen molar-refractivity contribution in [3.8, 4) is 5.75 Å². The number of hydrogen-bond acceptors (Lipinski definition) is 4. The number of hydrogen-bond donors (Lipinski definition) is 2. The molecule has 2 amide bonds. The maximum Gasteiger partial charge on any atom is 0.253 e. The van der Waals surface area contributed by atoms with Gasteiger partial charge in [0.25, 0.3) is 5.91 Å². The zero-order chi connectivity index (χ0) is 18.4. The third kappa shape index (κ3) is 4.55. The van der Waals surface area contributed by atoms with Crippen molar-refractivity contribution in [1.29, 1.82) is 0 Å². The lowest BCUT2D eigenvalue weighted by Gasteiger charge is -2.27. The predicted molar refractivity (Wildman–Crippen MR) is 102 cm³/mol. The van der Waals surface area contributed by atoms with Crippen LogP contribution in [-0.2, 0) is 4.79 Å². The predicted octanol–water partition coefficient (Wildman–Crippen LogP) is 2.65. The first kappa shape index (κ1) is 18.7. The van der Waals surface area contributed by atoms with Gasteiger partial charge in [0.15, 0.2) is 0 Å². The Kier molecular flexibility index (Phi) is 6.50. The van der Waals surface area contributed by atoms with E-state index in [1.807, 2.05) is 11.8 Å². The van der Waals surface area contributed by atoms with E-state index < -0.39 is 0 Å². The minimum atomic E-state index is -0.0420.